The molecule has 0 bridgehead atoms. The SMILES string of the molecule is Nc1ccc(Oc2ccc(C(=O)C(=O)c3ccc(Oc4ccc(N)cc4)cc3)cc2)cc1. The Morgan fingerprint density at radius 3 is 0.969 bits per heavy atom. The van der Waals surface area contributed by atoms with Gasteiger partial charge in [0.25, 0.3) is 0 Å². The Balaban J connectivity index is 1.40. The molecule has 4 aromatic rings. The van der Waals surface area contributed by atoms with Crippen molar-refractivity contribution in [1.82, 2.24) is 0 Å². The van der Waals surface area contributed by atoms with Crippen LogP contribution in [0.3, 0.4) is 0 Å². The summed E-state index contributed by atoms with van der Waals surface area (Å²) in [5, 5.41) is 0. The first kappa shape index (κ1) is 20.7. The van der Waals surface area contributed by atoms with Gasteiger partial charge in [-0.05, 0) is 97.1 Å². The number of rotatable bonds is 7. The molecule has 0 saturated heterocycles. The maximum atomic E-state index is 12.6. The zero-order valence-electron chi connectivity index (χ0n) is 17.0. The van der Waals surface area contributed by atoms with Gasteiger partial charge in [-0.15, -0.1) is 0 Å². The van der Waals surface area contributed by atoms with Gasteiger partial charge in [-0.2, -0.15) is 0 Å². The van der Waals surface area contributed by atoms with Crippen LogP contribution in [0, 0.1) is 0 Å². The van der Waals surface area contributed by atoms with E-state index in [2.05, 4.69) is 0 Å². The molecule has 6 nitrogen and oxygen atoms in total. The molecule has 0 radical (unpaired) electrons. The van der Waals surface area contributed by atoms with E-state index in [1.807, 2.05) is 0 Å². The van der Waals surface area contributed by atoms with Gasteiger partial charge in [-0.25, -0.2) is 0 Å². The maximum Gasteiger partial charge on any atom is 0.233 e. The van der Waals surface area contributed by atoms with Crippen LogP contribution in [0.1, 0.15) is 20.7 Å². The summed E-state index contributed by atoms with van der Waals surface area (Å²) in [6.07, 6.45) is 0. The molecule has 6 heteroatoms. The van der Waals surface area contributed by atoms with Crippen LogP contribution in [0.4, 0.5) is 11.4 Å². The minimum absolute atomic E-state index is 0.279. The van der Waals surface area contributed by atoms with E-state index in [1.165, 1.54) is 0 Å². The second-order valence-corrected chi connectivity index (χ2v) is 7.05. The average Bonchev–Trinajstić information content (AvgIpc) is 2.82. The van der Waals surface area contributed by atoms with Gasteiger partial charge in [0.15, 0.2) is 0 Å². The third-order valence-corrected chi connectivity index (χ3v) is 4.67. The highest BCUT2D eigenvalue weighted by molar-refractivity contribution is 6.49. The summed E-state index contributed by atoms with van der Waals surface area (Å²) in [5.74, 6) is 1.13. The first-order valence-corrected chi connectivity index (χ1v) is 9.84. The number of benzene rings is 4. The molecule has 4 aromatic carbocycles. The zero-order chi connectivity index (χ0) is 22.5. The summed E-state index contributed by atoms with van der Waals surface area (Å²) in [6, 6.07) is 26.7. The quantitative estimate of drug-likeness (QED) is 0.231. The summed E-state index contributed by atoms with van der Waals surface area (Å²) in [4.78, 5) is 25.2. The minimum Gasteiger partial charge on any atom is -0.457 e. The lowest BCUT2D eigenvalue weighted by Gasteiger charge is -2.08. The van der Waals surface area contributed by atoms with Crippen LogP contribution < -0.4 is 20.9 Å². The summed E-state index contributed by atoms with van der Waals surface area (Å²) < 4.78 is 11.4. The van der Waals surface area contributed by atoms with Crippen molar-refractivity contribution < 1.29 is 19.1 Å². The third kappa shape index (κ3) is 4.94. The van der Waals surface area contributed by atoms with E-state index in [0.717, 1.165) is 0 Å². The molecule has 0 fully saturated rings. The fourth-order valence-corrected chi connectivity index (χ4v) is 2.95. The Kier molecular flexibility index (Phi) is 5.85. The van der Waals surface area contributed by atoms with Crippen LogP contribution in [0.15, 0.2) is 97.1 Å². The summed E-state index contributed by atoms with van der Waals surface area (Å²) >= 11 is 0. The Labute approximate surface area is 185 Å². The van der Waals surface area contributed by atoms with Crippen LogP contribution >= 0.6 is 0 Å². The number of hydrogen-bond acceptors (Lipinski definition) is 6. The van der Waals surface area contributed by atoms with E-state index in [0.29, 0.717) is 34.4 Å². The van der Waals surface area contributed by atoms with E-state index in [4.69, 9.17) is 20.9 Å². The number of nitrogen functional groups attached to an aromatic ring is 2. The largest absolute Gasteiger partial charge is 0.457 e. The maximum absolute atomic E-state index is 12.6. The Hall–Kier alpha value is -4.58. The first-order chi connectivity index (χ1) is 15.5. The van der Waals surface area contributed by atoms with Crippen molar-refractivity contribution in [2.45, 2.75) is 0 Å². The summed E-state index contributed by atoms with van der Waals surface area (Å²) in [6.45, 7) is 0. The fourth-order valence-electron chi connectivity index (χ4n) is 2.95. The Morgan fingerprint density at radius 1 is 0.438 bits per heavy atom. The van der Waals surface area contributed by atoms with Gasteiger partial charge >= 0.3 is 0 Å². The smallest absolute Gasteiger partial charge is 0.233 e. The van der Waals surface area contributed by atoms with Gasteiger partial charge in [0.1, 0.15) is 23.0 Å². The van der Waals surface area contributed by atoms with Gasteiger partial charge in [-0.1, -0.05) is 0 Å². The monoisotopic (exact) mass is 424 g/mol. The van der Waals surface area contributed by atoms with E-state index >= 15 is 0 Å². The number of ether oxygens (including phenoxy) is 2. The van der Waals surface area contributed by atoms with Crippen molar-refractivity contribution in [3.8, 4) is 23.0 Å². The van der Waals surface area contributed by atoms with Gasteiger partial charge in [-0.3, -0.25) is 9.59 Å². The minimum atomic E-state index is -0.601. The van der Waals surface area contributed by atoms with Gasteiger partial charge in [0.2, 0.25) is 11.6 Å². The molecule has 32 heavy (non-hydrogen) atoms. The van der Waals surface area contributed by atoms with Gasteiger partial charge in [0.05, 0.1) is 0 Å². The van der Waals surface area contributed by atoms with Crippen molar-refractivity contribution >= 4 is 22.9 Å². The number of ketones is 2. The Morgan fingerprint density at radius 2 is 0.688 bits per heavy atom. The lowest BCUT2D eigenvalue weighted by Crippen LogP contribution is -2.14. The number of carbonyl (C=O) groups is 2. The van der Waals surface area contributed by atoms with Crippen molar-refractivity contribution in [1.29, 1.82) is 0 Å². The predicted molar refractivity (Wildman–Crippen MR) is 123 cm³/mol. The highest BCUT2D eigenvalue weighted by atomic mass is 16.5. The third-order valence-electron chi connectivity index (χ3n) is 4.67. The molecule has 0 amide bonds. The Bertz CT molecular complexity index is 1130. The van der Waals surface area contributed by atoms with Crippen LogP contribution in [0.2, 0.25) is 0 Å². The second-order valence-electron chi connectivity index (χ2n) is 7.05. The van der Waals surface area contributed by atoms with E-state index in [-0.39, 0.29) is 11.1 Å². The molecule has 0 atom stereocenters. The van der Waals surface area contributed by atoms with E-state index in [1.54, 1.807) is 97.1 Å². The molecule has 4 N–H and O–H groups in total. The lowest BCUT2D eigenvalue weighted by atomic mass is 10.0. The zero-order valence-corrected chi connectivity index (χ0v) is 17.0. The van der Waals surface area contributed by atoms with Crippen molar-refractivity contribution in [3.05, 3.63) is 108 Å². The molecule has 0 unspecified atom stereocenters. The number of anilines is 2. The molecule has 0 aliphatic heterocycles. The standard InChI is InChI=1S/C26H20N2O4/c27-19-5-13-23(14-6-19)31-21-9-1-17(2-10-21)25(29)26(30)18-3-11-22(12-4-18)32-24-15-7-20(28)8-16-24/h1-16H,27-28H2. The number of carbonyl (C=O) groups excluding carboxylic acids is 2. The number of nitrogens with two attached hydrogens (primary N) is 2. The van der Waals surface area contributed by atoms with Gasteiger partial charge in [0, 0.05) is 22.5 Å². The van der Waals surface area contributed by atoms with Crippen LogP contribution in [-0.2, 0) is 0 Å². The first-order valence-electron chi connectivity index (χ1n) is 9.84. The highest BCUT2D eigenvalue weighted by Crippen LogP contribution is 2.25. The average molecular weight is 424 g/mol. The molecular weight excluding hydrogens is 404 g/mol. The normalized spacial score (nSPS) is 10.4. The van der Waals surface area contributed by atoms with Crippen molar-refractivity contribution in [2.24, 2.45) is 0 Å². The second kappa shape index (κ2) is 9.06. The topological polar surface area (TPSA) is 105 Å². The van der Waals surface area contributed by atoms with E-state index in [9.17, 15) is 9.59 Å². The molecule has 0 heterocycles. The van der Waals surface area contributed by atoms with Crippen molar-refractivity contribution in [2.75, 3.05) is 11.5 Å². The summed E-state index contributed by atoms with van der Waals surface area (Å²) in [7, 11) is 0. The summed E-state index contributed by atoms with van der Waals surface area (Å²) in [5.41, 5.74) is 13.2. The fraction of sp³-hybridized carbons (Fsp3) is 0. The molecule has 0 aliphatic rings. The number of Topliss-reactive ketones (excluding diaryl/α,β-unsaturated/α-hetero) is 2. The molecule has 0 aliphatic carbocycles. The number of hydrogen-bond donors (Lipinski definition) is 2. The van der Waals surface area contributed by atoms with Crippen molar-refractivity contribution in [3.63, 3.8) is 0 Å². The molecule has 0 saturated carbocycles. The molecule has 158 valence electrons. The van der Waals surface area contributed by atoms with Crippen LogP contribution in [-0.4, -0.2) is 11.6 Å². The van der Waals surface area contributed by atoms with Gasteiger partial charge < -0.3 is 20.9 Å². The highest BCUT2D eigenvalue weighted by Gasteiger charge is 2.18. The van der Waals surface area contributed by atoms with Crippen LogP contribution in [0.5, 0.6) is 23.0 Å². The predicted octanol–water partition coefficient (Wildman–Crippen LogP) is 5.50. The lowest BCUT2D eigenvalue weighted by molar-refractivity contribution is 0.0817. The van der Waals surface area contributed by atoms with Crippen LogP contribution in [0.25, 0.3) is 0 Å². The molecule has 0 spiro atoms. The molecule has 0 aromatic heterocycles. The molecular formula is C26H20N2O4. The molecule has 4 rings (SSSR count). The van der Waals surface area contributed by atoms with E-state index < -0.39 is 11.6 Å².